The second-order valence-electron chi connectivity index (χ2n) is 6.00. The lowest BCUT2D eigenvalue weighted by molar-refractivity contribution is -0.103. The summed E-state index contributed by atoms with van der Waals surface area (Å²) in [5.74, 6) is 6.24. The lowest BCUT2D eigenvalue weighted by atomic mass is 9.79. The molecule has 3 unspecified atom stereocenters. The Labute approximate surface area is 133 Å². The normalized spacial score (nSPS) is 30.7. The first kappa shape index (κ1) is 15.2. The zero-order valence-electron chi connectivity index (χ0n) is 12.0. The molecule has 0 amide bonds. The van der Waals surface area contributed by atoms with Gasteiger partial charge in [-0.2, -0.15) is 0 Å². The molecule has 1 aromatic rings. The van der Waals surface area contributed by atoms with Gasteiger partial charge >= 0.3 is 0 Å². The van der Waals surface area contributed by atoms with Gasteiger partial charge in [0.1, 0.15) is 0 Å². The molecule has 2 aliphatic rings. The number of ether oxygens (including phenoxy) is 2. The van der Waals surface area contributed by atoms with Gasteiger partial charge < -0.3 is 15.2 Å². The number of nitrogens with one attached hydrogen (secondary N) is 1. The molecule has 116 valence electrons. The zero-order chi connectivity index (χ0) is 14.9. The molecule has 0 bridgehead atoms. The smallest absolute Gasteiger partial charge is 0.0940 e. The average molecular weight is 356 g/mol. The number of halogens is 1. The first-order chi connectivity index (χ1) is 10.1. The van der Waals surface area contributed by atoms with E-state index in [0.29, 0.717) is 12.5 Å². The third-order valence-electron chi connectivity index (χ3n) is 4.63. The van der Waals surface area contributed by atoms with Crippen molar-refractivity contribution in [3.05, 3.63) is 28.2 Å². The van der Waals surface area contributed by atoms with E-state index in [4.69, 9.17) is 21.1 Å². The fourth-order valence-electron chi connectivity index (χ4n) is 3.51. The van der Waals surface area contributed by atoms with E-state index in [1.165, 1.54) is 0 Å². The van der Waals surface area contributed by atoms with E-state index in [0.717, 1.165) is 48.2 Å². The standard InChI is InChI=1S/C15H22BrN3O2/c16-11-1-2-13(17)12(7-11)14(19-18)10-3-5-21-15(8-10)4-6-20-9-15/h1-2,7,10,14,19H,3-6,8-9,17-18H2. The van der Waals surface area contributed by atoms with Crippen LogP contribution >= 0.6 is 15.9 Å². The SMILES string of the molecule is NNC(c1cc(Br)ccc1N)C1CCOC2(CCOC2)C1. The molecule has 5 nitrogen and oxygen atoms in total. The van der Waals surface area contributed by atoms with Crippen molar-refractivity contribution in [2.45, 2.75) is 30.9 Å². The van der Waals surface area contributed by atoms with E-state index >= 15 is 0 Å². The molecule has 2 fully saturated rings. The monoisotopic (exact) mass is 355 g/mol. The van der Waals surface area contributed by atoms with Gasteiger partial charge in [-0.1, -0.05) is 15.9 Å². The summed E-state index contributed by atoms with van der Waals surface area (Å²) >= 11 is 3.51. The van der Waals surface area contributed by atoms with Crippen LogP contribution in [0.4, 0.5) is 5.69 Å². The molecule has 6 heteroatoms. The molecule has 1 spiro atoms. The van der Waals surface area contributed by atoms with Crippen LogP contribution in [-0.4, -0.2) is 25.4 Å². The topological polar surface area (TPSA) is 82.5 Å². The third-order valence-corrected chi connectivity index (χ3v) is 5.13. The number of hydrogen-bond donors (Lipinski definition) is 3. The molecule has 0 aliphatic carbocycles. The summed E-state index contributed by atoms with van der Waals surface area (Å²) in [5.41, 5.74) is 10.8. The average Bonchev–Trinajstić information content (AvgIpc) is 2.91. The van der Waals surface area contributed by atoms with Crippen LogP contribution in [0.5, 0.6) is 0 Å². The second-order valence-corrected chi connectivity index (χ2v) is 6.92. The number of benzene rings is 1. The summed E-state index contributed by atoms with van der Waals surface area (Å²) in [7, 11) is 0. The van der Waals surface area contributed by atoms with Gasteiger partial charge in [-0.3, -0.25) is 11.3 Å². The minimum atomic E-state index is -0.126. The van der Waals surface area contributed by atoms with Gasteiger partial charge in [0, 0.05) is 29.8 Å². The van der Waals surface area contributed by atoms with Crippen LogP contribution in [0.3, 0.4) is 0 Å². The van der Waals surface area contributed by atoms with Crippen molar-refractivity contribution in [2.24, 2.45) is 11.8 Å². The van der Waals surface area contributed by atoms with Crippen LogP contribution in [0, 0.1) is 5.92 Å². The molecule has 2 heterocycles. The Bertz CT molecular complexity index is 506. The largest absolute Gasteiger partial charge is 0.398 e. The van der Waals surface area contributed by atoms with Crippen molar-refractivity contribution >= 4 is 21.6 Å². The molecular formula is C15H22BrN3O2. The van der Waals surface area contributed by atoms with Gasteiger partial charge in [-0.15, -0.1) is 0 Å². The molecule has 0 radical (unpaired) electrons. The summed E-state index contributed by atoms with van der Waals surface area (Å²) in [5, 5.41) is 0. The van der Waals surface area contributed by atoms with E-state index < -0.39 is 0 Å². The summed E-state index contributed by atoms with van der Waals surface area (Å²) in [4.78, 5) is 0. The number of hydrazine groups is 1. The Hall–Kier alpha value is -0.660. The Morgan fingerprint density at radius 1 is 1.38 bits per heavy atom. The van der Waals surface area contributed by atoms with Crippen LogP contribution in [0.15, 0.2) is 22.7 Å². The predicted octanol–water partition coefficient (Wildman–Crippen LogP) is 2.12. The number of nitrogens with two attached hydrogens (primary N) is 2. The molecule has 3 atom stereocenters. The van der Waals surface area contributed by atoms with E-state index in [1.54, 1.807) is 0 Å². The maximum Gasteiger partial charge on any atom is 0.0940 e. The maximum atomic E-state index is 6.15. The van der Waals surface area contributed by atoms with Crippen molar-refractivity contribution in [3.63, 3.8) is 0 Å². The van der Waals surface area contributed by atoms with Crippen LogP contribution < -0.4 is 17.0 Å². The predicted molar refractivity (Wildman–Crippen MR) is 85.5 cm³/mol. The fourth-order valence-corrected chi connectivity index (χ4v) is 3.89. The van der Waals surface area contributed by atoms with E-state index in [9.17, 15) is 0 Å². The molecule has 1 aromatic carbocycles. The molecule has 0 saturated carbocycles. The van der Waals surface area contributed by atoms with Gasteiger partial charge in [-0.05, 0) is 42.5 Å². The molecule has 2 aliphatic heterocycles. The summed E-state index contributed by atoms with van der Waals surface area (Å²) < 4.78 is 12.6. The Balaban J connectivity index is 1.84. The lowest BCUT2D eigenvalue weighted by Gasteiger charge is -2.40. The quantitative estimate of drug-likeness (QED) is 0.439. The number of hydrogen-bond acceptors (Lipinski definition) is 5. The van der Waals surface area contributed by atoms with Gasteiger partial charge in [0.2, 0.25) is 0 Å². The van der Waals surface area contributed by atoms with Gasteiger partial charge in [0.05, 0.1) is 18.2 Å². The van der Waals surface area contributed by atoms with Crippen LogP contribution in [0.2, 0.25) is 0 Å². The minimum absolute atomic E-state index is 0.0314. The summed E-state index contributed by atoms with van der Waals surface area (Å²) in [6.07, 6.45) is 2.89. The highest BCUT2D eigenvalue weighted by atomic mass is 79.9. The van der Waals surface area contributed by atoms with Crippen molar-refractivity contribution in [3.8, 4) is 0 Å². The number of rotatable bonds is 3. The van der Waals surface area contributed by atoms with E-state index in [1.807, 2.05) is 18.2 Å². The van der Waals surface area contributed by atoms with E-state index in [-0.39, 0.29) is 11.6 Å². The molecular weight excluding hydrogens is 334 g/mol. The van der Waals surface area contributed by atoms with Crippen LogP contribution in [0.25, 0.3) is 0 Å². The molecule has 21 heavy (non-hydrogen) atoms. The van der Waals surface area contributed by atoms with Gasteiger partial charge in [0.15, 0.2) is 0 Å². The van der Waals surface area contributed by atoms with Crippen molar-refractivity contribution in [2.75, 3.05) is 25.6 Å². The molecule has 3 rings (SSSR count). The first-order valence-corrected chi connectivity index (χ1v) is 8.16. The summed E-state index contributed by atoms with van der Waals surface area (Å²) in [6.45, 7) is 2.22. The van der Waals surface area contributed by atoms with Gasteiger partial charge in [0.25, 0.3) is 0 Å². The molecule has 0 aromatic heterocycles. The van der Waals surface area contributed by atoms with Gasteiger partial charge in [-0.25, -0.2) is 0 Å². The van der Waals surface area contributed by atoms with Crippen molar-refractivity contribution in [1.82, 2.24) is 5.43 Å². The fraction of sp³-hybridized carbons (Fsp3) is 0.600. The Morgan fingerprint density at radius 2 is 2.24 bits per heavy atom. The zero-order valence-corrected chi connectivity index (χ0v) is 13.6. The lowest BCUT2D eigenvalue weighted by Crippen LogP contribution is -2.45. The Morgan fingerprint density at radius 3 is 2.95 bits per heavy atom. The highest BCUT2D eigenvalue weighted by Gasteiger charge is 2.43. The first-order valence-electron chi connectivity index (χ1n) is 7.36. The van der Waals surface area contributed by atoms with Crippen LogP contribution in [0.1, 0.15) is 30.9 Å². The second kappa shape index (κ2) is 6.22. The third kappa shape index (κ3) is 3.10. The van der Waals surface area contributed by atoms with Crippen molar-refractivity contribution < 1.29 is 9.47 Å². The summed E-state index contributed by atoms with van der Waals surface area (Å²) in [6, 6.07) is 5.94. The maximum absolute atomic E-state index is 6.15. The van der Waals surface area contributed by atoms with Crippen molar-refractivity contribution in [1.29, 1.82) is 0 Å². The Kier molecular flexibility index (Phi) is 4.51. The molecule has 2 saturated heterocycles. The van der Waals surface area contributed by atoms with E-state index in [2.05, 4.69) is 21.4 Å². The number of anilines is 1. The minimum Gasteiger partial charge on any atom is -0.398 e. The highest BCUT2D eigenvalue weighted by Crippen LogP contribution is 2.42. The molecule has 5 N–H and O–H groups in total. The number of nitrogen functional groups attached to an aromatic ring is 1. The van der Waals surface area contributed by atoms with Crippen LogP contribution in [-0.2, 0) is 9.47 Å². The highest BCUT2D eigenvalue weighted by molar-refractivity contribution is 9.10.